The molecule has 1 fully saturated rings. The van der Waals surface area contributed by atoms with Crippen LogP contribution in [-0.2, 0) is 7.05 Å². The molecule has 1 amide bonds. The predicted octanol–water partition coefficient (Wildman–Crippen LogP) is 3.98. The fourth-order valence-electron chi connectivity index (χ4n) is 4.08. The molecule has 0 aliphatic heterocycles. The van der Waals surface area contributed by atoms with Crippen molar-refractivity contribution in [2.45, 2.75) is 43.8 Å². The maximum atomic E-state index is 14.1. The summed E-state index contributed by atoms with van der Waals surface area (Å²) in [5.74, 6) is -2.24. The van der Waals surface area contributed by atoms with Crippen molar-refractivity contribution in [3.63, 3.8) is 0 Å². The topological polar surface area (TPSA) is 112 Å². The van der Waals surface area contributed by atoms with E-state index in [0.29, 0.717) is 31.4 Å². The van der Waals surface area contributed by atoms with E-state index in [4.69, 9.17) is 11.5 Å². The van der Waals surface area contributed by atoms with Gasteiger partial charge in [-0.05, 0) is 37.8 Å². The first-order valence-corrected chi connectivity index (χ1v) is 11.0. The summed E-state index contributed by atoms with van der Waals surface area (Å²) in [6.45, 7) is 0. The van der Waals surface area contributed by atoms with Crippen LogP contribution in [0.2, 0.25) is 0 Å². The van der Waals surface area contributed by atoms with Crippen LogP contribution in [0.4, 0.5) is 23.9 Å². The lowest BCUT2D eigenvalue weighted by molar-refractivity contribution is 0.102. The molecule has 170 valence electrons. The van der Waals surface area contributed by atoms with Gasteiger partial charge >= 0.3 is 0 Å². The molecule has 2 heterocycles. The van der Waals surface area contributed by atoms with Gasteiger partial charge in [-0.1, -0.05) is 17.4 Å². The summed E-state index contributed by atoms with van der Waals surface area (Å²) in [7, 11) is 1.75. The minimum absolute atomic E-state index is 0.0265. The van der Waals surface area contributed by atoms with Crippen molar-refractivity contribution in [1.29, 1.82) is 0 Å². The van der Waals surface area contributed by atoms with E-state index in [9.17, 15) is 18.0 Å². The normalized spacial score (nSPS) is 21.3. The molecule has 2 aromatic heterocycles. The molecule has 1 aliphatic rings. The minimum Gasteiger partial charge on any atom is -0.389 e. The van der Waals surface area contributed by atoms with Gasteiger partial charge in [0.1, 0.15) is 27.8 Å². The van der Waals surface area contributed by atoms with Gasteiger partial charge in [-0.25, -0.2) is 18.2 Å². The maximum absolute atomic E-state index is 14.1. The SMILES string of the molecule is Cn1ncc(NC(=O)c2nc(-c3c(F)cccc3F)sc2N)c1C1CCC(N)C(F)CC1. The lowest BCUT2D eigenvalue weighted by Crippen LogP contribution is -2.29. The summed E-state index contributed by atoms with van der Waals surface area (Å²) in [6, 6.07) is 2.96. The maximum Gasteiger partial charge on any atom is 0.277 e. The lowest BCUT2D eigenvalue weighted by Gasteiger charge is -2.17. The van der Waals surface area contributed by atoms with E-state index in [2.05, 4.69) is 15.4 Å². The number of nitrogens with zero attached hydrogens (tertiary/aromatic N) is 3. The highest BCUT2D eigenvalue weighted by atomic mass is 32.1. The van der Waals surface area contributed by atoms with Crippen LogP contribution < -0.4 is 16.8 Å². The van der Waals surface area contributed by atoms with Crippen molar-refractivity contribution in [2.75, 3.05) is 11.1 Å². The van der Waals surface area contributed by atoms with Gasteiger partial charge in [0.2, 0.25) is 0 Å². The molecule has 3 atom stereocenters. The number of thiazole rings is 1. The number of nitrogens with one attached hydrogen (secondary N) is 1. The third kappa shape index (κ3) is 4.22. The summed E-state index contributed by atoms with van der Waals surface area (Å²) in [6.07, 6.45) is 2.55. The number of aromatic nitrogens is 3. The number of amides is 1. The van der Waals surface area contributed by atoms with Crippen molar-refractivity contribution in [3.8, 4) is 10.6 Å². The van der Waals surface area contributed by atoms with Crippen molar-refractivity contribution in [2.24, 2.45) is 12.8 Å². The Morgan fingerprint density at radius 3 is 2.62 bits per heavy atom. The number of nitrogen functional groups attached to an aromatic ring is 1. The number of rotatable bonds is 4. The summed E-state index contributed by atoms with van der Waals surface area (Å²) >= 11 is 0.825. The number of benzene rings is 1. The number of aryl methyl sites for hydroxylation is 1. The molecule has 1 saturated carbocycles. The van der Waals surface area contributed by atoms with E-state index in [0.717, 1.165) is 29.2 Å². The van der Waals surface area contributed by atoms with E-state index in [1.165, 1.54) is 12.3 Å². The molecular weight excluding hydrogens is 441 g/mol. The lowest BCUT2D eigenvalue weighted by atomic mass is 9.95. The Kier molecular flexibility index (Phi) is 6.20. The molecule has 0 saturated heterocycles. The monoisotopic (exact) mass is 464 g/mol. The number of alkyl halides is 1. The van der Waals surface area contributed by atoms with Crippen LogP contribution >= 0.6 is 11.3 Å². The van der Waals surface area contributed by atoms with Gasteiger partial charge in [0.05, 0.1) is 23.1 Å². The molecule has 3 unspecified atom stereocenters. The average molecular weight is 465 g/mol. The van der Waals surface area contributed by atoms with Crippen molar-refractivity contribution in [1.82, 2.24) is 14.8 Å². The molecule has 0 radical (unpaired) electrons. The zero-order chi connectivity index (χ0) is 23.0. The number of halogens is 3. The van der Waals surface area contributed by atoms with Crippen molar-refractivity contribution in [3.05, 3.63) is 47.4 Å². The highest BCUT2D eigenvalue weighted by Gasteiger charge is 2.29. The summed E-state index contributed by atoms with van der Waals surface area (Å²) in [5.41, 5.74) is 12.6. The molecule has 1 aromatic carbocycles. The molecule has 7 nitrogen and oxygen atoms in total. The highest BCUT2D eigenvalue weighted by molar-refractivity contribution is 7.19. The van der Waals surface area contributed by atoms with Gasteiger partial charge in [-0.2, -0.15) is 5.10 Å². The van der Waals surface area contributed by atoms with Crippen molar-refractivity contribution < 1.29 is 18.0 Å². The van der Waals surface area contributed by atoms with Gasteiger partial charge < -0.3 is 16.8 Å². The quantitative estimate of drug-likeness (QED) is 0.506. The summed E-state index contributed by atoms with van der Waals surface area (Å²) < 4.78 is 43.9. The van der Waals surface area contributed by atoms with E-state index in [-0.39, 0.29) is 27.2 Å². The van der Waals surface area contributed by atoms with Gasteiger partial charge in [-0.3, -0.25) is 9.48 Å². The Bertz CT molecular complexity index is 1110. The van der Waals surface area contributed by atoms with E-state index >= 15 is 0 Å². The number of carbonyl (C=O) groups excluding carboxylic acids is 1. The molecule has 4 rings (SSSR count). The van der Waals surface area contributed by atoms with Crippen LogP contribution in [0.25, 0.3) is 10.6 Å². The van der Waals surface area contributed by atoms with Gasteiger partial charge in [0.15, 0.2) is 5.69 Å². The zero-order valence-electron chi connectivity index (χ0n) is 17.3. The van der Waals surface area contributed by atoms with E-state index in [1.807, 2.05) is 0 Å². The Morgan fingerprint density at radius 2 is 1.91 bits per heavy atom. The Labute approximate surface area is 186 Å². The minimum atomic E-state index is -1.06. The van der Waals surface area contributed by atoms with Crippen LogP contribution in [0.3, 0.4) is 0 Å². The van der Waals surface area contributed by atoms with Crippen LogP contribution in [0.15, 0.2) is 24.4 Å². The van der Waals surface area contributed by atoms with Crippen LogP contribution in [0, 0.1) is 11.6 Å². The second kappa shape index (κ2) is 8.91. The molecule has 5 N–H and O–H groups in total. The van der Waals surface area contributed by atoms with Gasteiger partial charge in [-0.15, -0.1) is 0 Å². The molecule has 0 spiro atoms. The third-order valence-electron chi connectivity index (χ3n) is 5.77. The first kappa shape index (κ1) is 22.3. The van der Waals surface area contributed by atoms with Crippen LogP contribution in [-0.4, -0.2) is 32.9 Å². The molecule has 11 heteroatoms. The summed E-state index contributed by atoms with van der Waals surface area (Å²) in [5, 5.41) is 6.99. The van der Waals surface area contributed by atoms with E-state index < -0.39 is 29.8 Å². The number of anilines is 2. The van der Waals surface area contributed by atoms with Crippen LogP contribution in [0.5, 0.6) is 0 Å². The number of hydrogen-bond donors (Lipinski definition) is 3. The Morgan fingerprint density at radius 1 is 1.22 bits per heavy atom. The molecular formula is C21H23F3N6OS. The van der Waals surface area contributed by atoms with Crippen LogP contribution in [0.1, 0.15) is 47.8 Å². The smallest absolute Gasteiger partial charge is 0.277 e. The molecule has 1 aliphatic carbocycles. The molecule has 3 aromatic rings. The first-order valence-electron chi connectivity index (χ1n) is 10.2. The second-order valence-electron chi connectivity index (χ2n) is 7.88. The van der Waals surface area contributed by atoms with E-state index in [1.54, 1.807) is 11.7 Å². The predicted molar refractivity (Wildman–Crippen MR) is 117 cm³/mol. The Balaban J connectivity index is 1.59. The first-order chi connectivity index (χ1) is 15.3. The third-order valence-corrected chi connectivity index (χ3v) is 6.67. The number of nitrogens with two attached hydrogens (primary N) is 2. The van der Waals surface area contributed by atoms with Crippen molar-refractivity contribution >= 4 is 27.9 Å². The summed E-state index contributed by atoms with van der Waals surface area (Å²) in [4.78, 5) is 17.0. The Hall–Kier alpha value is -2.92. The standard InChI is InChI=1S/C21H23F3N6OS/c1-30-18(10-5-7-11(22)14(25)8-6-10)15(9-27-30)28-20(31)17-19(26)32-21(29-17)16-12(23)3-2-4-13(16)24/h2-4,9-11,14H,5-8,25-26H2,1H3,(H,28,31). The average Bonchev–Trinajstić information content (AvgIpc) is 3.25. The number of carbonyl (C=O) groups is 1. The van der Waals surface area contributed by atoms with Gasteiger partial charge in [0.25, 0.3) is 5.91 Å². The number of hydrogen-bond acceptors (Lipinski definition) is 6. The second-order valence-corrected chi connectivity index (χ2v) is 8.91. The zero-order valence-corrected chi connectivity index (χ0v) is 18.1. The fourth-order valence-corrected chi connectivity index (χ4v) is 4.96. The molecule has 32 heavy (non-hydrogen) atoms. The molecule has 0 bridgehead atoms. The van der Waals surface area contributed by atoms with Gasteiger partial charge in [0, 0.05) is 19.0 Å². The largest absolute Gasteiger partial charge is 0.389 e. The fraction of sp³-hybridized carbons (Fsp3) is 0.381. The highest BCUT2D eigenvalue weighted by Crippen LogP contribution is 2.37.